The maximum Gasteiger partial charge on any atom is 0.345 e. The molecule has 40 heavy (non-hydrogen) atoms. The van der Waals surface area contributed by atoms with Gasteiger partial charge < -0.3 is 14.5 Å². The van der Waals surface area contributed by atoms with Crippen molar-refractivity contribution in [1.82, 2.24) is 10.4 Å². The fourth-order valence-corrected chi connectivity index (χ4v) is 4.93. The van der Waals surface area contributed by atoms with Gasteiger partial charge in [-0.1, -0.05) is 69.5 Å². The predicted molar refractivity (Wildman–Crippen MR) is 161 cm³/mol. The van der Waals surface area contributed by atoms with Crippen LogP contribution < -0.4 is 14.9 Å². The third-order valence-corrected chi connectivity index (χ3v) is 7.15. The van der Waals surface area contributed by atoms with Crippen LogP contribution in [0, 0.1) is 0 Å². The molecule has 0 fully saturated rings. The summed E-state index contributed by atoms with van der Waals surface area (Å²) in [5, 5.41) is 5.76. The Kier molecular flexibility index (Phi) is 8.21. The van der Waals surface area contributed by atoms with Crippen molar-refractivity contribution >= 4 is 68.1 Å². The van der Waals surface area contributed by atoms with Crippen LogP contribution in [0.5, 0.6) is 11.5 Å². The van der Waals surface area contributed by atoms with E-state index in [2.05, 4.69) is 31.4 Å². The molecule has 0 atom stereocenters. The molecule has 0 spiro atoms. The fourth-order valence-electron chi connectivity index (χ4n) is 4.13. The fraction of sp³-hybridized carbons (Fsp3) is 0.0333. The average Bonchev–Trinajstić information content (AvgIpc) is 3.32. The second kappa shape index (κ2) is 12.0. The van der Waals surface area contributed by atoms with E-state index in [4.69, 9.17) is 32.7 Å². The van der Waals surface area contributed by atoms with Gasteiger partial charge in [0, 0.05) is 31.5 Å². The number of hydrogen-bond acceptors (Lipinski definition) is 5. The molecule has 10 heteroatoms. The minimum atomic E-state index is -0.614. The third-order valence-electron chi connectivity index (χ3n) is 5.99. The first-order chi connectivity index (χ1) is 19.4. The number of nitrogens with one attached hydrogen (secondary N) is 2. The van der Waals surface area contributed by atoms with E-state index in [0.29, 0.717) is 33.2 Å². The van der Waals surface area contributed by atoms with Gasteiger partial charge in [0.05, 0.1) is 23.9 Å². The number of halogens is 3. The molecule has 5 rings (SSSR count). The number of aromatic amines is 1. The SMILES string of the molecule is COc1cc(C=NNC(=O)c2[nH]c3ccc(Br)cc3c2-c2ccccc2Cl)ccc1OC(=O)c1ccccc1Cl. The van der Waals surface area contributed by atoms with E-state index in [0.717, 1.165) is 15.4 Å². The lowest BCUT2D eigenvalue weighted by Crippen LogP contribution is -2.19. The summed E-state index contributed by atoms with van der Waals surface area (Å²) in [5.41, 5.74) is 5.88. The number of hydrazone groups is 1. The Labute approximate surface area is 247 Å². The zero-order chi connectivity index (χ0) is 28.2. The summed E-state index contributed by atoms with van der Waals surface area (Å²) < 4.78 is 11.7. The number of ether oxygens (including phenoxy) is 2. The van der Waals surface area contributed by atoms with Crippen molar-refractivity contribution in [2.45, 2.75) is 0 Å². The number of aromatic nitrogens is 1. The smallest absolute Gasteiger partial charge is 0.345 e. The van der Waals surface area contributed by atoms with Gasteiger partial charge in [-0.2, -0.15) is 5.10 Å². The number of fused-ring (bicyclic) bond motifs is 1. The average molecular weight is 637 g/mol. The summed E-state index contributed by atoms with van der Waals surface area (Å²) in [7, 11) is 1.45. The van der Waals surface area contributed by atoms with Crippen molar-refractivity contribution in [3.63, 3.8) is 0 Å². The highest BCUT2D eigenvalue weighted by Gasteiger charge is 2.21. The van der Waals surface area contributed by atoms with Crippen LogP contribution in [0.15, 0.2) is 94.5 Å². The highest BCUT2D eigenvalue weighted by atomic mass is 79.9. The minimum absolute atomic E-state index is 0.210. The Morgan fingerprint density at radius 1 is 0.925 bits per heavy atom. The van der Waals surface area contributed by atoms with Gasteiger partial charge >= 0.3 is 5.97 Å². The highest BCUT2D eigenvalue weighted by Crippen LogP contribution is 2.37. The quantitative estimate of drug-likeness (QED) is 0.0822. The lowest BCUT2D eigenvalue weighted by Gasteiger charge is -2.10. The van der Waals surface area contributed by atoms with Gasteiger partial charge in [0.1, 0.15) is 5.69 Å². The zero-order valence-electron chi connectivity index (χ0n) is 20.9. The van der Waals surface area contributed by atoms with Crippen LogP contribution in [-0.4, -0.2) is 30.2 Å². The molecule has 0 unspecified atom stereocenters. The van der Waals surface area contributed by atoms with Gasteiger partial charge in [-0.3, -0.25) is 4.79 Å². The molecule has 0 saturated carbocycles. The van der Waals surface area contributed by atoms with Crippen LogP contribution in [-0.2, 0) is 0 Å². The molecule has 1 amide bonds. The van der Waals surface area contributed by atoms with Crippen LogP contribution >= 0.6 is 39.1 Å². The van der Waals surface area contributed by atoms with Crippen molar-refractivity contribution < 1.29 is 19.1 Å². The molecule has 4 aromatic carbocycles. The molecule has 0 radical (unpaired) electrons. The summed E-state index contributed by atoms with van der Waals surface area (Å²) in [4.78, 5) is 29.0. The van der Waals surface area contributed by atoms with Crippen LogP contribution in [0.25, 0.3) is 22.0 Å². The van der Waals surface area contributed by atoms with Crippen LogP contribution in [0.4, 0.5) is 0 Å². The molecule has 0 saturated heterocycles. The highest BCUT2D eigenvalue weighted by molar-refractivity contribution is 9.10. The van der Waals surface area contributed by atoms with Crippen molar-refractivity contribution in [3.05, 3.63) is 116 Å². The topological polar surface area (TPSA) is 92.8 Å². The van der Waals surface area contributed by atoms with Crippen molar-refractivity contribution in [2.75, 3.05) is 7.11 Å². The molecule has 200 valence electrons. The Bertz CT molecular complexity index is 1780. The second-order valence-electron chi connectivity index (χ2n) is 8.52. The number of H-pyrrole nitrogens is 1. The standard InChI is InChI=1S/C30H20BrCl2N3O4/c1-39-26-14-17(10-13-25(26)40-30(38)20-7-3-5-9-23(20)33)16-34-36-29(37)28-27(19-6-2-4-8-22(19)32)21-15-18(31)11-12-24(21)35-28/h2-16,35H,1H3,(H,36,37). The summed E-state index contributed by atoms with van der Waals surface area (Å²) in [6, 6.07) is 24.5. The molecule has 1 heterocycles. The number of amides is 1. The Hall–Kier alpha value is -4.11. The molecule has 1 aromatic heterocycles. The van der Waals surface area contributed by atoms with E-state index >= 15 is 0 Å². The lowest BCUT2D eigenvalue weighted by atomic mass is 10.0. The molecule has 5 aromatic rings. The number of carbonyl (C=O) groups is 2. The number of methoxy groups -OCH3 is 1. The van der Waals surface area contributed by atoms with Crippen molar-refractivity contribution in [2.24, 2.45) is 5.10 Å². The van der Waals surface area contributed by atoms with E-state index in [9.17, 15) is 9.59 Å². The maximum atomic E-state index is 13.3. The predicted octanol–water partition coefficient (Wildman–Crippen LogP) is 7.90. The molecule has 0 aliphatic carbocycles. The van der Waals surface area contributed by atoms with Crippen molar-refractivity contribution in [3.8, 4) is 22.6 Å². The maximum absolute atomic E-state index is 13.3. The molecule has 0 bridgehead atoms. The van der Waals surface area contributed by atoms with Gasteiger partial charge in [-0.05, 0) is 60.2 Å². The Balaban J connectivity index is 1.37. The summed E-state index contributed by atoms with van der Waals surface area (Å²) in [5.74, 6) is -0.548. The number of rotatable bonds is 7. The number of hydrogen-bond donors (Lipinski definition) is 2. The lowest BCUT2D eigenvalue weighted by molar-refractivity contribution is 0.0729. The number of benzene rings is 4. The summed E-state index contributed by atoms with van der Waals surface area (Å²) >= 11 is 16.1. The first-order valence-electron chi connectivity index (χ1n) is 11.9. The minimum Gasteiger partial charge on any atom is -0.493 e. The van der Waals surface area contributed by atoms with E-state index in [1.165, 1.54) is 13.3 Å². The first-order valence-corrected chi connectivity index (χ1v) is 13.4. The second-order valence-corrected chi connectivity index (χ2v) is 10.3. The summed E-state index contributed by atoms with van der Waals surface area (Å²) in [6.07, 6.45) is 1.45. The Morgan fingerprint density at radius 3 is 2.42 bits per heavy atom. The normalized spacial score (nSPS) is 11.1. The number of carbonyl (C=O) groups excluding carboxylic acids is 2. The molecule has 2 N–H and O–H groups in total. The van der Waals surface area contributed by atoms with E-state index in [1.807, 2.05) is 36.4 Å². The molecule has 7 nitrogen and oxygen atoms in total. The van der Waals surface area contributed by atoms with Gasteiger partial charge in [-0.15, -0.1) is 0 Å². The van der Waals surface area contributed by atoms with Gasteiger partial charge in [0.25, 0.3) is 5.91 Å². The van der Waals surface area contributed by atoms with Crippen molar-refractivity contribution in [1.29, 1.82) is 0 Å². The first kappa shape index (κ1) is 27.5. The summed E-state index contributed by atoms with van der Waals surface area (Å²) in [6.45, 7) is 0. The number of nitrogens with zero attached hydrogens (tertiary/aromatic N) is 1. The molecule has 0 aliphatic heterocycles. The third kappa shape index (κ3) is 5.74. The molecular formula is C30H20BrCl2N3O4. The Morgan fingerprint density at radius 2 is 1.68 bits per heavy atom. The van der Waals surface area contributed by atoms with Crippen LogP contribution in [0.1, 0.15) is 26.4 Å². The van der Waals surface area contributed by atoms with Gasteiger partial charge in [0.15, 0.2) is 11.5 Å². The van der Waals surface area contributed by atoms with E-state index < -0.39 is 11.9 Å². The van der Waals surface area contributed by atoms with Gasteiger partial charge in [0.2, 0.25) is 0 Å². The monoisotopic (exact) mass is 635 g/mol. The number of esters is 1. The van der Waals surface area contributed by atoms with Crippen LogP contribution in [0.3, 0.4) is 0 Å². The van der Waals surface area contributed by atoms with Gasteiger partial charge in [-0.25, -0.2) is 10.2 Å². The molecule has 0 aliphatic rings. The zero-order valence-corrected chi connectivity index (χ0v) is 24.0. The molecular weight excluding hydrogens is 617 g/mol. The van der Waals surface area contributed by atoms with E-state index in [-0.39, 0.29) is 16.3 Å². The van der Waals surface area contributed by atoms with E-state index in [1.54, 1.807) is 48.5 Å². The van der Waals surface area contributed by atoms with Crippen LogP contribution in [0.2, 0.25) is 10.0 Å². The largest absolute Gasteiger partial charge is 0.493 e.